The first kappa shape index (κ1) is 42.5. The lowest BCUT2D eigenvalue weighted by molar-refractivity contribution is -0.124. The number of nitrogens with zero attached hydrogens (tertiary/aromatic N) is 2. The third-order valence-electron chi connectivity index (χ3n) is 8.80. The van der Waals surface area contributed by atoms with Gasteiger partial charge in [-0.3, -0.25) is 38.2 Å². The van der Waals surface area contributed by atoms with Gasteiger partial charge in [0.2, 0.25) is 23.6 Å². The van der Waals surface area contributed by atoms with Crippen LogP contribution in [0.5, 0.6) is 28.9 Å². The molecule has 296 valence electrons. The molecule has 0 saturated carbocycles. The molecule has 0 radical (unpaired) electrons. The van der Waals surface area contributed by atoms with Crippen molar-refractivity contribution >= 4 is 57.6 Å². The molecule has 2 amide bonds. The van der Waals surface area contributed by atoms with Crippen molar-refractivity contribution < 1.29 is 62.7 Å². The highest BCUT2D eigenvalue weighted by molar-refractivity contribution is 6.21. The predicted octanol–water partition coefficient (Wildman–Crippen LogP) is 6.18. The van der Waals surface area contributed by atoms with Crippen LogP contribution in [0.2, 0.25) is 0 Å². The molecule has 1 aromatic heterocycles. The van der Waals surface area contributed by atoms with E-state index in [1.165, 1.54) is 86.5 Å². The largest absolute Gasteiger partial charge is 0.494 e. The van der Waals surface area contributed by atoms with Crippen molar-refractivity contribution in [2.75, 3.05) is 33.3 Å². The van der Waals surface area contributed by atoms with Gasteiger partial charge in [-0.05, 0) is 92.2 Å². The number of benzene rings is 4. The molecule has 5 aromatic rings. The van der Waals surface area contributed by atoms with Crippen LogP contribution >= 0.6 is 0 Å². The van der Waals surface area contributed by atoms with Crippen LogP contribution in [0.4, 0.5) is 5.69 Å². The normalized spacial score (nSPS) is 11.3. The van der Waals surface area contributed by atoms with Crippen molar-refractivity contribution in [1.29, 1.82) is 0 Å². The lowest BCUT2D eigenvalue weighted by Gasteiger charge is -2.12. The smallest absolute Gasteiger partial charge is 0.335 e. The number of Topliss-reactive ketones (excluding diaryl/α,β-unsaturated/α-hetero) is 2. The molecule has 4 aromatic carbocycles. The maximum Gasteiger partial charge on any atom is 0.335 e. The molecule has 1 aliphatic rings. The number of carboxylic acids is 1. The Morgan fingerprint density at radius 3 is 1.58 bits per heavy atom. The minimum Gasteiger partial charge on any atom is -0.494 e. The van der Waals surface area contributed by atoms with Crippen molar-refractivity contribution in [2.24, 2.45) is 0 Å². The van der Waals surface area contributed by atoms with Crippen LogP contribution in [-0.4, -0.2) is 84.3 Å². The molecule has 6 rings (SSSR count). The zero-order valence-electron chi connectivity index (χ0n) is 32.4. The van der Waals surface area contributed by atoms with Crippen molar-refractivity contribution in [3.63, 3.8) is 0 Å². The molecule has 0 bridgehead atoms. The Hall–Kier alpha value is -7.29. The Morgan fingerprint density at radius 1 is 0.596 bits per heavy atom. The quantitative estimate of drug-likeness (QED) is 0.161. The number of carbonyl (C=O) groups excluding carboxylic acids is 6. The van der Waals surface area contributed by atoms with Gasteiger partial charge in [0.15, 0.2) is 40.3 Å². The lowest BCUT2D eigenvalue weighted by Crippen LogP contribution is -2.31. The van der Waals surface area contributed by atoms with Gasteiger partial charge >= 0.3 is 5.97 Å². The Balaban J connectivity index is 0.000000209. The van der Waals surface area contributed by atoms with Crippen LogP contribution in [0.25, 0.3) is 10.9 Å². The average molecular weight is 781 g/mol. The molecule has 2 N–H and O–H groups in total. The number of aromatic nitrogens is 1. The number of fused-ring (bicyclic) bond motifs is 2. The van der Waals surface area contributed by atoms with Crippen molar-refractivity contribution in [3.05, 3.63) is 106 Å². The van der Waals surface area contributed by atoms with Crippen LogP contribution in [-0.2, 0) is 16.0 Å². The Morgan fingerprint density at radius 2 is 1.09 bits per heavy atom. The highest BCUT2D eigenvalue weighted by Crippen LogP contribution is 2.36. The summed E-state index contributed by atoms with van der Waals surface area (Å²) < 4.78 is 21.3. The van der Waals surface area contributed by atoms with E-state index in [0.29, 0.717) is 50.7 Å². The highest BCUT2D eigenvalue weighted by Gasteiger charge is 2.30. The third-order valence-corrected chi connectivity index (χ3v) is 8.80. The minimum atomic E-state index is -0.985. The van der Waals surface area contributed by atoms with Gasteiger partial charge in [0.25, 0.3) is 0 Å². The van der Waals surface area contributed by atoms with Gasteiger partial charge in [-0.15, -0.1) is 0 Å². The molecule has 0 unspecified atom stereocenters. The summed E-state index contributed by atoms with van der Waals surface area (Å²) in [4.78, 5) is 82.8. The number of carbonyl (C=O) groups is 7. The number of aromatic hydroxyl groups is 1. The summed E-state index contributed by atoms with van der Waals surface area (Å²) in [5, 5.41) is 19.6. The molecule has 2 heterocycles. The number of amides is 2. The van der Waals surface area contributed by atoms with Gasteiger partial charge in [0, 0.05) is 35.9 Å². The fourth-order valence-corrected chi connectivity index (χ4v) is 6.02. The topological polar surface area (TPSA) is 205 Å². The first-order chi connectivity index (χ1) is 27.0. The Bertz CT molecular complexity index is 2440. The summed E-state index contributed by atoms with van der Waals surface area (Å²) >= 11 is 0. The maximum atomic E-state index is 13.2. The molecule has 0 fully saturated rings. The number of anilines is 1. The number of carboxylic acid groups (broad SMARTS) is 1. The average Bonchev–Trinajstić information content (AvgIpc) is 3.68. The SMILES string of the molecule is CC(=O)c1ccc2c(c1)CC(=O)N2C(C)=O.COc1ccc(C(=O)O)cc1OC.COc1ccc(C(=O)c2c(O)n(C(C)=O)c3ccc(C(C)=O)cc23)cc1OC. The van der Waals surface area contributed by atoms with Crippen LogP contribution in [0, 0.1) is 0 Å². The molecule has 0 saturated heterocycles. The second kappa shape index (κ2) is 17.9. The van der Waals surface area contributed by atoms with E-state index in [2.05, 4.69) is 0 Å². The Labute approximate surface area is 326 Å². The number of methoxy groups -OCH3 is 4. The van der Waals surface area contributed by atoms with Crippen LogP contribution in [0.1, 0.15) is 85.0 Å². The van der Waals surface area contributed by atoms with Crippen molar-refractivity contribution in [1.82, 2.24) is 4.57 Å². The van der Waals surface area contributed by atoms with Gasteiger partial charge < -0.3 is 29.2 Å². The van der Waals surface area contributed by atoms with Gasteiger partial charge in [0.05, 0.1) is 57.2 Å². The van der Waals surface area contributed by atoms with Crippen molar-refractivity contribution in [2.45, 2.75) is 34.1 Å². The zero-order valence-corrected chi connectivity index (χ0v) is 32.4. The van der Waals surface area contributed by atoms with Crippen LogP contribution < -0.4 is 23.8 Å². The lowest BCUT2D eigenvalue weighted by atomic mass is 10.00. The monoisotopic (exact) mass is 780 g/mol. The molecular formula is C42H40N2O13. The van der Waals surface area contributed by atoms with E-state index in [0.717, 1.165) is 15.0 Å². The van der Waals surface area contributed by atoms with E-state index in [4.69, 9.17) is 24.1 Å². The Kier molecular flexibility index (Phi) is 13.3. The summed E-state index contributed by atoms with van der Waals surface area (Å²) in [6.07, 6.45) is 0.191. The number of imide groups is 1. The number of ether oxygens (including phenoxy) is 4. The zero-order chi connectivity index (χ0) is 42.3. The number of hydrogen-bond acceptors (Lipinski definition) is 12. The highest BCUT2D eigenvalue weighted by atomic mass is 16.5. The van der Waals surface area contributed by atoms with Crippen LogP contribution in [0.15, 0.2) is 72.8 Å². The van der Waals surface area contributed by atoms with Gasteiger partial charge in [-0.2, -0.15) is 0 Å². The number of aromatic carboxylic acids is 1. The van der Waals surface area contributed by atoms with E-state index in [1.807, 2.05) is 0 Å². The summed E-state index contributed by atoms with van der Waals surface area (Å²) in [6, 6.07) is 18.6. The fourth-order valence-electron chi connectivity index (χ4n) is 6.02. The van der Waals surface area contributed by atoms with E-state index in [9.17, 15) is 38.7 Å². The summed E-state index contributed by atoms with van der Waals surface area (Å²) in [6.45, 7) is 5.51. The molecular weight excluding hydrogens is 740 g/mol. The molecule has 15 nitrogen and oxygen atoms in total. The first-order valence-corrected chi connectivity index (χ1v) is 17.1. The fraction of sp³-hybridized carbons (Fsp3) is 0.214. The second-order valence-corrected chi connectivity index (χ2v) is 12.4. The predicted molar refractivity (Wildman–Crippen MR) is 208 cm³/mol. The molecule has 0 spiro atoms. The minimum absolute atomic E-state index is 0.0449. The van der Waals surface area contributed by atoms with Crippen molar-refractivity contribution in [3.8, 4) is 28.9 Å². The standard InChI is InChI=1S/C21H19NO6.C12H11NO3.C9H10O4/c1-11(23)13-5-7-16-15(9-13)19(21(26)22(16)12(2)24)20(25)14-6-8-17(27-3)18(10-14)28-4;1-7(14)9-3-4-11-10(5-9)6-12(16)13(11)8(2)15;1-12-7-4-3-6(9(10)11)5-8(7)13-2/h5-10,26H,1-4H3;3-5H,6H2,1-2H3;3-5H,1-2H3,(H,10,11). The van der Waals surface area contributed by atoms with E-state index in [1.54, 1.807) is 42.5 Å². The van der Waals surface area contributed by atoms with E-state index in [-0.39, 0.29) is 46.5 Å². The summed E-state index contributed by atoms with van der Waals surface area (Å²) in [5.41, 5.74) is 2.99. The number of ketones is 3. The maximum absolute atomic E-state index is 13.2. The molecule has 0 atom stereocenters. The van der Waals surface area contributed by atoms with Gasteiger partial charge in [-0.1, -0.05) is 0 Å². The van der Waals surface area contributed by atoms with E-state index >= 15 is 0 Å². The third kappa shape index (κ3) is 8.99. The number of rotatable bonds is 9. The van der Waals surface area contributed by atoms with Gasteiger partial charge in [0.1, 0.15) is 0 Å². The molecule has 0 aliphatic carbocycles. The first-order valence-electron chi connectivity index (χ1n) is 17.1. The number of hydrogen-bond donors (Lipinski definition) is 2. The van der Waals surface area contributed by atoms with E-state index < -0.39 is 23.5 Å². The summed E-state index contributed by atoms with van der Waals surface area (Å²) in [7, 11) is 5.89. The molecule has 1 aliphatic heterocycles. The van der Waals surface area contributed by atoms with Gasteiger partial charge in [-0.25, -0.2) is 4.79 Å². The molecule has 57 heavy (non-hydrogen) atoms. The second-order valence-electron chi connectivity index (χ2n) is 12.4. The van der Waals surface area contributed by atoms with Crippen LogP contribution in [0.3, 0.4) is 0 Å². The summed E-state index contributed by atoms with van der Waals surface area (Å²) in [5.74, 6) is -1.44. The molecule has 15 heteroatoms.